The molecule has 0 fully saturated rings. The lowest BCUT2D eigenvalue weighted by Gasteiger charge is -2.26. The second-order valence-corrected chi connectivity index (χ2v) is 5.57. The number of hydrazine groups is 1. The summed E-state index contributed by atoms with van der Waals surface area (Å²) in [6.45, 7) is 3.86. The van der Waals surface area contributed by atoms with Crippen molar-refractivity contribution in [2.75, 3.05) is 20.4 Å². The number of hydrogen-bond acceptors (Lipinski definition) is 3. The van der Waals surface area contributed by atoms with Gasteiger partial charge in [-0.3, -0.25) is 10.2 Å². The Labute approximate surface area is 108 Å². The van der Waals surface area contributed by atoms with Crippen LogP contribution in [0.25, 0.3) is 0 Å². The van der Waals surface area contributed by atoms with Gasteiger partial charge >= 0.3 is 0 Å². The zero-order valence-electron chi connectivity index (χ0n) is 11.1. The second-order valence-electron chi connectivity index (χ2n) is 4.69. The summed E-state index contributed by atoms with van der Waals surface area (Å²) in [5.74, 6) is -0.000554. The van der Waals surface area contributed by atoms with E-state index in [0.717, 1.165) is 5.56 Å². The molecule has 1 N–H and O–H groups in total. The molecule has 0 aliphatic carbocycles. The third kappa shape index (κ3) is 3.48. The van der Waals surface area contributed by atoms with Crippen molar-refractivity contribution in [2.45, 2.75) is 24.2 Å². The summed E-state index contributed by atoms with van der Waals surface area (Å²) in [5.41, 5.74) is 3.30. The smallest absolute Gasteiger partial charge is 0.244 e. The summed E-state index contributed by atoms with van der Waals surface area (Å²) >= 11 is 1.70. The van der Waals surface area contributed by atoms with Gasteiger partial charge in [-0.05, 0) is 37.8 Å². The fourth-order valence-corrected chi connectivity index (χ4v) is 1.89. The Kier molecular flexibility index (Phi) is 4.60. The number of hydrogen-bond donors (Lipinski definition) is 1. The van der Waals surface area contributed by atoms with Crippen LogP contribution in [0.4, 0.5) is 0 Å². The van der Waals surface area contributed by atoms with Crippen LogP contribution < -0.4 is 5.43 Å². The summed E-state index contributed by atoms with van der Waals surface area (Å²) in [4.78, 5) is 13.3. The number of nitrogens with one attached hydrogen (secondary N) is 1. The molecular weight excluding hydrogens is 232 g/mol. The number of thioether (sulfide) groups is 1. The summed E-state index contributed by atoms with van der Waals surface area (Å²) in [6.07, 6.45) is 2.04. The van der Waals surface area contributed by atoms with Crippen molar-refractivity contribution in [1.29, 1.82) is 0 Å². The van der Waals surface area contributed by atoms with Crippen LogP contribution in [0.15, 0.2) is 29.2 Å². The highest BCUT2D eigenvalue weighted by molar-refractivity contribution is 7.98. The van der Waals surface area contributed by atoms with Crippen molar-refractivity contribution in [3.8, 4) is 0 Å². The molecule has 0 aromatic heterocycles. The fraction of sp³-hybridized carbons (Fsp3) is 0.462. The summed E-state index contributed by atoms with van der Waals surface area (Å²) in [7, 11) is 3.62. The van der Waals surface area contributed by atoms with Crippen LogP contribution in [-0.2, 0) is 10.2 Å². The lowest BCUT2D eigenvalue weighted by molar-refractivity contribution is -0.129. The lowest BCUT2D eigenvalue weighted by Crippen LogP contribution is -2.46. The van der Waals surface area contributed by atoms with Crippen molar-refractivity contribution in [3.05, 3.63) is 29.8 Å². The Morgan fingerprint density at radius 2 is 1.76 bits per heavy atom. The van der Waals surface area contributed by atoms with Gasteiger partial charge in [0.1, 0.15) is 0 Å². The van der Waals surface area contributed by atoms with Gasteiger partial charge in [0.15, 0.2) is 0 Å². The van der Waals surface area contributed by atoms with Crippen LogP contribution in [0.1, 0.15) is 19.4 Å². The van der Waals surface area contributed by atoms with E-state index in [4.69, 9.17) is 0 Å². The standard InChI is InChI=1S/C13H20N2OS/c1-13(2,12(16)14-15(3)4)10-6-8-11(17-5)9-7-10/h6-9H,1-5H3,(H,14,16). The number of benzene rings is 1. The van der Waals surface area contributed by atoms with Crippen LogP contribution >= 0.6 is 11.8 Å². The average molecular weight is 252 g/mol. The van der Waals surface area contributed by atoms with E-state index in [1.54, 1.807) is 16.8 Å². The topological polar surface area (TPSA) is 32.3 Å². The molecule has 1 rings (SSSR count). The number of carbonyl (C=O) groups is 1. The second kappa shape index (κ2) is 5.56. The first kappa shape index (κ1) is 14.1. The van der Waals surface area contributed by atoms with Crippen molar-refractivity contribution in [2.24, 2.45) is 0 Å². The van der Waals surface area contributed by atoms with E-state index in [9.17, 15) is 4.79 Å². The maximum atomic E-state index is 12.1. The van der Waals surface area contributed by atoms with Gasteiger partial charge in [0, 0.05) is 19.0 Å². The molecule has 3 nitrogen and oxygen atoms in total. The number of amides is 1. The van der Waals surface area contributed by atoms with Crippen molar-refractivity contribution < 1.29 is 4.79 Å². The molecule has 0 unspecified atom stereocenters. The molecular formula is C13H20N2OS. The highest BCUT2D eigenvalue weighted by Gasteiger charge is 2.29. The SMILES string of the molecule is CSc1ccc(C(C)(C)C(=O)NN(C)C)cc1. The Balaban J connectivity index is 2.91. The molecule has 0 heterocycles. The molecule has 0 saturated carbocycles. The van der Waals surface area contributed by atoms with Gasteiger partial charge in [0.2, 0.25) is 5.91 Å². The molecule has 0 bridgehead atoms. The number of carbonyl (C=O) groups excluding carboxylic acids is 1. The minimum atomic E-state index is -0.527. The van der Waals surface area contributed by atoms with Crippen LogP contribution in [0, 0.1) is 0 Å². The van der Waals surface area contributed by atoms with Crippen LogP contribution in [0.3, 0.4) is 0 Å². The maximum absolute atomic E-state index is 12.1. The van der Waals surface area contributed by atoms with Crippen molar-refractivity contribution in [3.63, 3.8) is 0 Å². The lowest BCUT2D eigenvalue weighted by atomic mass is 9.84. The molecule has 0 radical (unpaired) electrons. The third-order valence-corrected chi connectivity index (χ3v) is 3.45. The van der Waals surface area contributed by atoms with E-state index >= 15 is 0 Å². The largest absolute Gasteiger partial charge is 0.289 e. The van der Waals surface area contributed by atoms with Gasteiger partial charge < -0.3 is 0 Å². The zero-order chi connectivity index (χ0) is 13.1. The molecule has 0 saturated heterocycles. The first-order chi connectivity index (χ1) is 7.87. The van der Waals surface area contributed by atoms with E-state index in [0.29, 0.717) is 0 Å². The molecule has 0 aliphatic heterocycles. The molecule has 0 atom stereocenters. The van der Waals surface area contributed by atoms with Gasteiger partial charge in [-0.2, -0.15) is 0 Å². The fourth-order valence-electron chi connectivity index (χ4n) is 1.48. The molecule has 1 aromatic carbocycles. The van der Waals surface area contributed by atoms with Gasteiger partial charge in [-0.15, -0.1) is 11.8 Å². The molecule has 1 amide bonds. The monoisotopic (exact) mass is 252 g/mol. The van der Waals surface area contributed by atoms with Crippen LogP contribution in [0.5, 0.6) is 0 Å². The molecule has 1 aromatic rings. The summed E-state index contributed by atoms with van der Waals surface area (Å²) in [5, 5.41) is 1.67. The maximum Gasteiger partial charge on any atom is 0.244 e. The minimum Gasteiger partial charge on any atom is -0.289 e. The molecule has 94 valence electrons. The number of rotatable bonds is 4. The zero-order valence-corrected chi connectivity index (χ0v) is 11.9. The number of nitrogens with zero attached hydrogens (tertiary/aromatic N) is 1. The van der Waals surface area contributed by atoms with E-state index in [1.165, 1.54) is 4.90 Å². The van der Waals surface area contributed by atoms with Gasteiger partial charge in [0.25, 0.3) is 0 Å². The highest BCUT2D eigenvalue weighted by atomic mass is 32.2. The molecule has 0 aliphatic rings. The Hall–Kier alpha value is -1.00. The Bertz CT molecular complexity index is 385. The normalized spacial score (nSPS) is 11.6. The van der Waals surface area contributed by atoms with Gasteiger partial charge in [-0.1, -0.05) is 12.1 Å². The highest BCUT2D eigenvalue weighted by Crippen LogP contribution is 2.25. The average Bonchev–Trinajstić information content (AvgIpc) is 2.28. The van der Waals surface area contributed by atoms with Crippen molar-refractivity contribution >= 4 is 17.7 Å². The summed E-state index contributed by atoms with van der Waals surface area (Å²) < 4.78 is 0. The Morgan fingerprint density at radius 3 is 2.18 bits per heavy atom. The van der Waals surface area contributed by atoms with E-state index in [-0.39, 0.29) is 5.91 Å². The van der Waals surface area contributed by atoms with Crippen molar-refractivity contribution in [1.82, 2.24) is 10.4 Å². The quantitative estimate of drug-likeness (QED) is 0.659. The first-order valence-corrected chi connectivity index (χ1v) is 6.73. The van der Waals surface area contributed by atoms with E-state index < -0.39 is 5.41 Å². The Morgan fingerprint density at radius 1 is 1.24 bits per heavy atom. The molecule has 0 spiro atoms. The molecule has 17 heavy (non-hydrogen) atoms. The predicted molar refractivity (Wildman–Crippen MR) is 73.1 cm³/mol. The first-order valence-electron chi connectivity index (χ1n) is 5.51. The van der Waals surface area contributed by atoms with E-state index in [1.807, 2.05) is 58.5 Å². The minimum absolute atomic E-state index is 0.000554. The van der Waals surface area contributed by atoms with Crippen LogP contribution in [-0.4, -0.2) is 31.3 Å². The predicted octanol–water partition coefficient (Wildman–Crippen LogP) is 2.28. The third-order valence-electron chi connectivity index (χ3n) is 2.70. The van der Waals surface area contributed by atoms with Gasteiger partial charge in [0.05, 0.1) is 5.41 Å². The molecule has 4 heteroatoms. The van der Waals surface area contributed by atoms with E-state index in [2.05, 4.69) is 5.43 Å². The summed E-state index contributed by atoms with van der Waals surface area (Å²) in [6, 6.07) is 8.12. The van der Waals surface area contributed by atoms with Gasteiger partial charge in [-0.25, -0.2) is 5.01 Å². The van der Waals surface area contributed by atoms with Crippen LogP contribution in [0.2, 0.25) is 0 Å².